The molecule has 0 amide bonds. The van der Waals surface area contributed by atoms with Crippen LogP contribution < -0.4 is 5.32 Å². The number of hydrogen-bond acceptors (Lipinski definition) is 2. The number of halogens is 2. The zero-order valence-corrected chi connectivity index (χ0v) is 12.9. The molecule has 0 atom stereocenters. The number of hydrogen-bond donors (Lipinski definition) is 1. The van der Waals surface area contributed by atoms with Crippen LogP contribution in [0.25, 0.3) is 10.9 Å². The molecule has 0 aliphatic carbocycles. The Morgan fingerprint density at radius 3 is 2.57 bits per heavy atom. The van der Waals surface area contributed by atoms with Gasteiger partial charge in [0.05, 0.1) is 9.99 Å². The standard InChI is InChI=1S/C17H14BrFN2/c18-16-13(5-2-8-15(16)19)10-20-11-14-6-1-4-12-7-3-9-21-17(12)14/h1-9,20H,10-11H2. The maximum Gasteiger partial charge on any atom is 0.137 e. The number of nitrogens with zero attached hydrogens (tertiary/aromatic N) is 1. The minimum atomic E-state index is -0.235. The van der Waals surface area contributed by atoms with E-state index in [4.69, 9.17) is 0 Å². The first-order valence-corrected chi connectivity index (χ1v) is 7.51. The van der Waals surface area contributed by atoms with E-state index < -0.39 is 0 Å². The summed E-state index contributed by atoms with van der Waals surface area (Å²) in [6.07, 6.45) is 1.80. The zero-order chi connectivity index (χ0) is 14.7. The molecule has 106 valence electrons. The van der Waals surface area contributed by atoms with Crippen molar-refractivity contribution < 1.29 is 4.39 Å². The lowest BCUT2D eigenvalue weighted by atomic mass is 10.1. The van der Waals surface area contributed by atoms with Gasteiger partial charge in [-0.15, -0.1) is 0 Å². The van der Waals surface area contributed by atoms with Gasteiger partial charge in [-0.3, -0.25) is 4.98 Å². The summed E-state index contributed by atoms with van der Waals surface area (Å²) in [6, 6.07) is 15.2. The molecule has 1 N–H and O–H groups in total. The predicted octanol–water partition coefficient (Wildman–Crippen LogP) is 4.43. The molecule has 0 spiro atoms. The van der Waals surface area contributed by atoms with Gasteiger partial charge in [-0.05, 0) is 39.2 Å². The van der Waals surface area contributed by atoms with Gasteiger partial charge in [0.25, 0.3) is 0 Å². The van der Waals surface area contributed by atoms with Gasteiger partial charge in [0, 0.05) is 24.7 Å². The number of benzene rings is 2. The van der Waals surface area contributed by atoms with Crippen molar-refractivity contribution in [2.45, 2.75) is 13.1 Å². The van der Waals surface area contributed by atoms with Crippen molar-refractivity contribution in [3.8, 4) is 0 Å². The van der Waals surface area contributed by atoms with E-state index in [-0.39, 0.29) is 5.82 Å². The van der Waals surface area contributed by atoms with Gasteiger partial charge in [0.1, 0.15) is 5.82 Å². The third kappa shape index (κ3) is 3.12. The fourth-order valence-corrected chi connectivity index (χ4v) is 2.73. The van der Waals surface area contributed by atoms with Crippen LogP contribution in [0.3, 0.4) is 0 Å². The van der Waals surface area contributed by atoms with Crippen LogP contribution in [0, 0.1) is 5.82 Å². The molecule has 3 rings (SSSR count). The van der Waals surface area contributed by atoms with E-state index in [0.29, 0.717) is 17.6 Å². The molecule has 21 heavy (non-hydrogen) atoms. The highest BCUT2D eigenvalue weighted by atomic mass is 79.9. The van der Waals surface area contributed by atoms with Crippen molar-refractivity contribution in [3.63, 3.8) is 0 Å². The fourth-order valence-electron chi connectivity index (χ4n) is 2.33. The Labute approximate surface area is 131 Å². The van der Waals surface area contributed by atoms with Crippen LogP contribution in [-0.2, 0) is 13.1 Å². The molecular weight excluding hydrogens is 331 g/mol. The smallest absolute Gasteiger partial charge is 0.137 e. The molecule has 0 saturated heterocycles. The highest BCUT2D eigenvalue weighted by Gasteiger charge is 2.05. The van der Waals surface area contributed by atoms with Crippen molar-refractivity contribution >= 4 is 26.8 Å². The monoisotopic (exact) mass is 344 g/mol. The van der Waals surface area contributed by atoms with Crippen LogP contribution in [0.5, 0.6) is 0 Å². The largest absolute Gasteiger partial charge is 0.308 e. The van der Waals surface area contributed by atoms with E-state index in [1.165, 1.54) is 6.07 Å². The maximum atomic E-state index is 13.5. The summed E-state index contributed by atoms with van der Waals surface area (Å²) in [4.78, 5) is 4.43. The maximum absolute atomic E-state index is 13.5. The number of fused-ring (bicyclic) bond motifs is 1. The first-order valence-electron chi connectivity index (χ1n) is 6.72. The molecule has 0 aliphatic rings. The summed E-state index contributed by atoms with van der Waals surface area (Å²) < 4.78 is 14.0. The van der Waals surface area contributed by atoms with Gasteiger partial charge in [-0.2, -0.15) is 0 Å². The summed E-state index contributed by atoms with van der Waals surface area (Å²) in [6.45, 7) is 1.29. The molecule has 4 heteroatoms. The zero-order valence-electron chi connectivity index (χ0n) is 11.3. The van der Waals surface area contributed by atoms with Crippen molar-refractivity contribution in [3.05, 3.63) is 76.1 Å². The van der Waals surface area contributed by atoms with Crippen molar-refractivity contribution in [1.29, 1.82) is 0 Å². The van der Waals surface area contributed by atoms with Gasteiger partial charge in [-0.25, -0.2) is 4.39 Å². The average molecular weight is 345 g/mol. The molecule has 0 unspecified atom stereocenters. The number of para-hydroxylation sites is 1. The Morgan fingerprint density at radius 1 is 0.952 bits per heavy atom. The average Bonchev–Trinajstić information content (AvgIpc) is 2.52. The number of rotatable bonds is 4. The first kappa shape index (κ1) is 14.2. The summed E-state index contributed by atoms with van der Waals surface area (Å²) in [5.41, 5.74) is 3.05. The highest BCUT2D eigenvalue weighted by molar-refractivity contribution is 9.10. The third-order valence-electron chi connectivity index (χ3n) is 3.38. The van der Waals surface area contributed by atoms with E-state index >= 15 is 0 Å². The van der Waals surface area contributed by atoms with Crippen molar-refractivity contribution in [1.82, 2.24) is 10.3 Å². The lowest BCUT2D eigenvalue weighted by Gasteiger charge is -2.09. The van der Waals surface area contributed by atoms with Gasteiger partial charge < -0.3 is 5.32 Å². The van der Waals surface area contributed by atoms with Gasteiger partial charge in [0.15, 0.2) is 0 Å². The second-order valence-electron chi connectivity index (χ2n) is 4.81. The molecule has 2 aromatic carbocycles. The summed E-state index contributed by atoms with van der Waals surface area (Å²) in [5, 5.41) is 4.47. The number of nitrogens with one attached hydrogen (secondary N) is 1. The third-order valence-corrected chi connectivity index (χ3v) is 4.27. The topological polar surface area (TPSA) is 24.9 Å². The minimum Gasteiger partial charge on any atom is -0.308 e. The summed E-state index contributed by atoms with van der Waals surface area (Å²) >= 11 is 3.28. The van der Waals surface area contributed by atoms with E-state index in [1.54, 1.807) is 12.3 Å². The second-order valence-corrected chi connectivity index (χ2v) is 5.60. The normalized spacial score (nSPS) is 11.0. The molecule has 1 aromatic heterocycles. The Bertz CT molecular complexity index is 768. The molecular formula is C17H14BrFN2. The SMILES string of the molecule is Fc1cccc(CNCc2cccc3cccnc23)c1Br. The van der Waals surface area contributed by atoms with E-state index in [9.17, 15) is 4.39 Å². The Balaban J connectivity index is 1.74. The van der Waals surface area contributed by atoms with Crippen LogP contribution in [0.2, 0.25) is 0 Å². The molecule has 0 radical (unpaired) electrons. The van der Waals surface area contributed by atoms with Crippen molar-refractivity contribution in [2.24, 2.45) is 0 Å². The molecule has 1 heterocycles. The molecule has 0 saturated carbocycles. The van der Waals surface area contributed by atoms with Crippen LogP contribution in [0.15, 0.2) is 59.2 Å². The van der Waals surface area contributed by atoms with Gasteiger partial charge >= 0.3 is 0 Å². The lowest BCUT2D eigenvalue weighted by Crippen LogP contribution is -2.13. The van der Waals surface area contributed by atoms with Crippen LogP contribution in [0.4, 0.5) is 4.39 Å². The Morgan fingerprint density at radius 2 is 1.67 bits per heavy atom. The second kappa shape index (κ2) is 6.33. The molecule has 2 nitrogen and oxygen atoms in total. The van der Waals surface area contributed by atoms with Gasteiger partial charge in [0.2, 0.25) is 0 Å². The van der Waals surface area contributed by atoms with Crippen molar-refractivity contribution in [2.75, 3.05) is 0 Å². The van der Waals surface area contributed by atoms with Crippen LogP contribution >= 0.6 is 15.9 Å². The number of pyridine rings is 1. The number of aromatic nitrogens is 1. The summed E-state index contributed by atoms with van der Waals surface area (Å²) in [5.74, 6) is -0.235. The minimum absolute atomic E-state index is 0.235. The van der Waals surface area contributed by atoms with Crippen LogP contribution in [-0.4, -0.2) is 4.98 Å². The highest BCUT2D eigenvalue weighted by Crippen LogP contribution is 2.20. The Kier molecular flexibility index (Phi) is 4.27. The van der Waals surface area contributed by atoms with E-state index in [2.05, 4.69) is 44.4 Å². The fraction of sp³-hybridized carbons (Fsp3) is 0.118. The molecule has 3 aromatic rings. The predicted molar refractivity (Wildman–Crippen MR) is 86.4 cm³/mol. The first-order chi connectivity index (χ1) is 10.3. The van der Waals surface area contributed by atoms with Crippen LogP contribution in [0.1, 0.15) is 11.1 Å². The quantitative estimate of drug-likeness (QED) is 0.757. The lowest BCUT2D eigenvalue weighted by molar-refractivity contribution is 0.612. The molecule has 0 fully saturated rings. The van der Waals surface area contributed by atoms with E-state index in [1.807, 2.05) is 18.2 Å². The molecule has 0 aliphatic heterocycles. The summed E-state index contributed by atoms with van der Waals surface area (Å²) in [7, 11) is 0. The van der Waals surface area contributed by atoms with E-state index in [0.717, 1.165) is 22.0 Å². The molecule has 0 bridgehead atoms. The van der Waals surface area contributed by atoms with Gasteiger partial charge in [-0.1, -0.05) is 36.4 Å². The Hall–Kier alpha value is -1.78.